The molecule has 1 fully saturated rings. The maximum atomic E-state index is 5.65. The summed E-state index contributed by atoms with van der Waals surface area (Å²) in [6.45, 7) is 0. The third-order valence-electron chi connectivity index (χ3n) is 2.09. The van der Waals surface area contributed by atoms with Gasteiger partial charge in [0.05, 0.1) is 6.20 Å². The van der Waals surface area contributed by atoms with E-state index in [1.807, 2.05) is 0 Å². The van der Waals surface area contributed by atoms with Gasteiger partial charge in [0.15, 0.2) is 0 Å². The van der Waals surface area contributed by atoms with E-state index in [1.54, 1.807) is 18.6 Å². The smallest absolute Gasteiger partial charge is 0.144 e. The summed E-state index contributed by atoms with van der Waals surface area (Å²) in [4.78, 5) is 8.07. The highest BCUT2D eigenvalue weighted by Gasteiger charge is 2.25. The van der Waals surface area contributed by atoms with Crippen LogP contribution in [0.25, 0.3) is 0 Å². The first kappa shape index (κ1) is 7.49. The number of nitrogens with one attached hydrogen (secondary N) is 1. The Hall–Kier alpha value is -1.16. The van der Waals surface area contributed by atoms with Crippen molar-refractivity contribution in [3.05, 3.63) is 18.6 Å². The molecule has 0 aliphatic heterocycles. The first-order valence-electron chi connectivity index (χ1n) is 4.13. The van der Waals surface area contributed by atoms with Gasteiger partial charge in [-0.15, -0.1) is 0 Å². The lowest BCUT2D eigenvalue weighted by molar-refractivity contribution is 0.373. The van der Waals surface area contributed by atoms with Gasteiger partial charge in [0.2, 0.25) is 0 Å². The molecule has 64 valence electrons. The van der Waals surface area contributed by atoms with Crippen LogP contribution < -0.4 is 11.1 Å². The Bertz CT molecular complexity index is 242. The van der Waals surface area contributed by atoms with Crippen molar-refractivity contribution in [2.75, 3.05) is 5.32 Å². The zero-order valence-corrected chi connectivity index (χ0v) is 6.77. The Morgan fingerprint density at radius 3 is 2.83 bits per heavy atom. The molecule has 1 aliphatic carbocycles. The fourth-order valence-corrected chi connectivity index (χ4v) is 1.36. The summed E-state index contributed by atoms with van der Waals surface area (Å²) in [6, 6.07) is 0.871. The summed E-state index contributed by atoms with van der Waals surface area (Å²) < 4.78 is 0. The molecule has 1 aliphatic rings. The van der Waals surface area contributed by atoms with Gasteiger partial charge in [-0.1, -0.05) is 0 Å². The molecule has 1 saturated carbocycles. The van der Waals surface area contributed by atoms with Crippen LogP contribution in [0.15, 0.2) is 18.6 Å². The third kappa shape index (κ3) is 1.53. The molecule has 1 aromatic heterocycles. The lowest BCUT2D eigenvalue weighted by Gasteiger charge is -2.33. The van der Waals surface area contributed by atoms with Gasteiger partial charge in [-0.2, -0.15) is 0 Å². The van der Waals surface area contributed by atoms with Crippen molar-refractivity contribution in [2.24, 2.45) is 5.73 Å². The molecule has 0 atom stereocenters. The maximum Gasteiger partial charge on any atom is 0.144 e. The van der Waals surface area contributed by atoms with E-state index in [1.165, 1.54) is 0 Å². The summed E-state index contributed by atoms with van der Waals surface area (Å²) in [5, 5.41) is 3.26. The number of hydrogen-bond acceptors (Lipinski definition) is 4. The second-order valence-electron chi connectivity index (χ2n) is 3.16. The highest BCUT2D eigenvalue weighted by atomic mass is 15.0. The molecule has 0 unspecified atom stereocenters. The van der Waals surface area contributed by atoms with Crippen LogP contribution in [0.4, 0.5) is 5.82 Å². The van der Waals surface area contributed by atoms with Gasteiger partial charge in [0.25, 0.3) is 0 Å². The molecule has 12 heavy (non-hydrogen) atoms. The minimum atomic E-state index is 0.374. The predicted octanol–water partition coefficient (Wildman–Crippen LogP) is 0.378. The summed E-state index contributed by atoms with van der Waals surface area (Å²) >= 11 is 0. The zero-order valence-electron chi connectivity index (χ0n) is 6.77. The maximum absolute atomic E-state index is 5.65. The van der Waals surface area contributed by atoms with E-state index in [2.05, 4.69) is 15.3 Å². The SMILES string of the molecule is NC1CC(Nc2cnccn2)C1. The summed E-state index contributed by atoms with van der Waals surface area (Å²) in [5.74, 6) is 0.842. The molecular formula is C8H12N4. The van der Waals surface area contributed by atoms with Gasteiger partial charge in [-0.25, -0.2) is 4.98 Å². The lowest BCUT2D eigenvalue weighted by atomic mass is 9.88. The molecule has 1 aromatic rings. The third-order valence-corrected chi connectivity index (χ3v) is 2.09. The monoisotopic (exact) mass is 164 g/mol. The van der Waals surface area contributed by atoms with Crippen LogP contribution in [0, 0.1) is 0 Å². The number of anilines is 1. The second kappa shape index (κ2) is 3.06. The summed E-state index contributed by atoms with van der Waals surface area (Å²) in [5.41, 5.74) is 5.65. The van der Waals surface area contributed by atoms with Crippen LogP contribution in [0.3, 0.4) is 0 Å². The Morgan fingerprint density at radius 2 is 2.25 bits per heavy atom. The zero-order chi connectivity index (χ0) is 8.39. The molecule has 0 amide bonds. The number of nitrogens with two attached hydrogens (primary N) is 1. The molecule has 0 saturated heterocycles. The molecule has 1 heterocycles. The summed E-state index contributed by atoms with van der Waals surface area (Å²) in [6.07, 6.45) is 7.15. The van der Waals surface area contributed by atoms with Crippen LogP contribution in [0.2, 0.25) is 0 Å². The van der Waals surface area contributed by atoms with E-state index in [9.17, 15) is 0 Å². The van der Waals surface area contributed by atoms with Crippen molar-refractivity contribution in [2.45, 2.75) is 24.9 Å². The summed E-state index contributed by atoms with van der Waals surface area (Å²) in [7, 11) is 0. The van der Waals surface area contributed by atoms with Gasteiger partial charge in [-0.3, -0.25) is 4.98 Å². The number of aromatic nitrogens is 2. The molecule has 0 bridgehead atoms. The Kier molecular flexibility index (Phi) is 1.91. The van der Waals surface area contributed by atoms with Crippen LogP contribution in [-0.4, -0.2) is 22.1 Å². The van der Waals surface area contributed by atoms with Crippen LogP contribution in [-0.2, 0) is 0 Å². The highest BCUT2D eigenvalue weighted by molar-refractivity contribution is 5.32. The van der Waals surface area contributed by atoms with Crippen LogP contribution in [0.5, 0.6) is 0 Å². The number of nitrogens with zero attached hydrogens (tertiary/aromatic N) is 2. The predicted molar refractivity (Wildman–Crippen MR) is 46.7 cm³/mol. The molecule has 3 N–H and O–H groups in total. The average Bonchev–Trinajstić information content (AvgIpc) is 2.04. The van der Waals surface area contributed by atoms with Crippen molar-refractivity contribution >= 4 is 5.82 Å². The Morgan fingerprint density at radius 1 is 1.42 bits per heavy atom. The van der Waals surface area contributed by atoms with Gasteiger partial charge < -0.3 is 11.1 Å². The average molecular weight is 164 g/mol. The topological polar surface area (TPSA) is 63.8 Å². The highest BCUT2D eigenvalue weighted by Crippen LogP contribution is 2.20. The van der Waals surface area contributed by atoms with E-state index >= 15 is 0 Å². The van der Waals surface area contributed by atoms with Crippen LogP contribution in [0.1, 0.15) is 12.8 Å². The molecule has 4 nitrogen and oxygen atoms in total. The number of rotatable bonds is 2. The first-order valence-corrected chi connectivity index (χ1v) is 4.13. The largest absolute Gasteiger partial charge is 0.366 e. The van der Waals surface area contributed by atoms with E-state index in [0.29, 0.717) is 12.1 Å². The molecule has 0 radical (unpaired) electrons. The Balaban J connectivity index is 1.88. The van der Waals surface area contributed by atoms with Crippen LogP contribution >= 0.6 is 0 Å². The van der Waals surface area contributed by atoms with Crippen molar-refractivity contribution in [1.29, 1.82) is 0 Å². The second-order valence-corrected chi connectivity index (χ2v) is 3.16. The quantitative estimate of drug-likeness (QED) is 0.663. The lowest BCUT2D eigenvalue weighted by Crippen LogP contribution is -2.44. The van der Waals surface area contributed by atoms with E-state index in [0.717, 1.165) is 18.7 Å². The Labute approximate surface area is 71.2 Å². The molecule has 4 heteroatoms. The fourth-order valence-electron chi connectivity index (χ4n) is 1.36. The normalized spacial score (nSPS) is 27.8. The van der Waals surface area contributed by atoms with Gasteiger partial charge >= 0.3 is 0 Å². The standard InChI is InChI=1S/C8H12N4/c9-6-3-7(4-6)12-8-5-10-1-2-11-8/h1-2,5-7H,3-4,9H2,(H,11,12). The minimum Gasteiger partial charge on any atom is -0.366 e. The molecule has 0 aromatic carbocycles. The van der Waals surface area contributed by atoms with Gasteiger partial charge in [0, 0.05) is 24.5 Å². The molecule has 0 spiro atoms. The van der Waals surface area contributed by atoms with E-state index < -0.39 is 0 Å². The van der Waals surface area contributed by atoms with E-state index in [4.69, 9.17) is 5.73 Å². The van der Waals surface area contributed by atoms with Crippen molar-refractivity contribution in [3.8, 4) is 0 Å². The number of hydrogen-bond donors (Lipinski definition) is 2. The first-order chi connectivity index (χ1) is 5.84. The minimum absolute atomic E-state index is 0.374. The molecule has 2 rings (SSSR count). The van der Waals surface area contributed by atoms with Crippen molar-refractivity contribution in [1.82, 2.24) is 9.97 Å². The fraction of sp³-hybridized carbons (Fsp3) is 0.500. The van der Waals surface area contributed by atoms with Crippen molar-refractivity contribution in [3.63, 3.8) is 0 Å². The van der Waals surface area contributed by atoms with Gasteiger partial charge in [0.1, 0.15) is 5.82 Å². The van der Waals surface area contributed by atoms with E-state index in [-0.39, 0.29) is 0 Å². The van der Waals surface area contributed by atoms with Gasteiger partial charge in [-0.05, 0) is 12.8 Å². The molecular weight excluding hydrogens is 152 g/mol. The van der Waals surface area contributed by atoms with Crippen molar-refractivity contribution < 1.29 is 0 Å².